The van der Waals surface area contributed by atoms with Crippen molar-refractivity contribution in [2.45, 2.75) is 23.7 Å². The molecule has 5 rings (SSSR count). The van der Waals surface area contributed by atoms with Crippen LogP contribution in [-0.4, -0.2) is 58.9 Å². The standard InChI is InChI=1S/C20H22N6O2S/c27-29(28,18-6-4-17(5-7-18)26-11-1-10-21-26)25-14-12-24(13-15-25)20-9-8-19(22-23-20)16-2-3-16/h1,4-11,16H,2-3,12-15H2. The minimum absolute atomic E-state index is 0.301. The number of sulfonamides is 1. The van der Waals surface area contributed by atoms with E-state index in [1.807, 2.05) is 24.4 Å². The first-order valence-electron chi connectivity index (χ1n) is 9.80. The summed E-state index contributed by atoms with van der Waals surface area (Å²) in [5.41, 5.74) is 1.89. The average molecular weight is 411 g/mol. The van der Waals surface area contributed by atoms with Gasteiger partial charge in [0, 0.05) is 44.5 Å². The van der Waals surface area contributed by atoms with E-state index in [9.17, 15) is 8.42 Å². The van der Waals surface area contributed by atoms with Crippen molar-refractivity contribution in [3.63, 3.8) is 0 Å². The number of hydrogen-bond acceptors (Lipinski definition) is 6. The molecule has 3 aromatic rings. The van der Waals surface area contributed by atoms with Crippen molar-refractivity contribution in [1.29, 1.82) is 0 Å². The lowest BCUT2D eigenvalue weighted by molar-refractivity contribution is 0.383. The highest BCUT2D eigenvalue weighted by molar-refractivity contribution is 7.89. The molecule has 8 nitrogen and oxygen atoms in total. The molecule has 1 saturated carbocycles. The van der Waals surface area contributed by atoms with E-state index < -0.39 is 10.0 Å². The van der Waals surface area contributed by atoms with Gasteiger partial charge in [0.2, 0.25) is 10.0 Å². The smallest absolute Gasteiger partial charge is 0.243 e. The molecular weight excluding hydrogens is 388 g/mol. The van der Waals surface area contributed by atoms with Crippen molar-refractivity contribution < 1.29 is 8.42 Å². The lowest BCUT2D eigenvalue weighted by atomic mass is 10.2. The Morgan fingerprint density at radius 3 is 2.24 bits per heavy atom. The normalized spacial score (nSPS) is 18.1. The molecule has 0 bridgehead atoms. The van der Waals surface area contributed by atoms with Gasteiger partial charge >= 0.3 is 0 Å². The van der Waals surface area contributed by atoms with Gasteiger partial charge in [0.25, 0.3) is 0 Å². The molecule has 1 aliphatic heterocycles. The van der Waals surface area contributed by atoms with E-state index in [4.69, 9.17) is 0 Å². The van der Waals surface area contributed by atoms with Gasteiger partial charge in [-0.05, 0) is 55.3 Å². The molecule has 9 heteroatoms. The van der Waals surface area contributed by atoms with Crippen molar-refractivity contribution >= 4 is 15.8 Å². The first kappa shape index (κ1) is 18.3. The molecule has 150 valence electrons. The van der Waals surface area contributed by atoms with E-state index in [0.717, 1.165) is 17.2 Å². The Morgan fingerprint density at radius 1 is 0.897 bits per heavy atom. The summed E-state index contributed by atoms with van der Waals surface area (Å²) < 4.78 is 29.3. The van der Waals surface area contributed by atoms with E-state index in [1.54, 1.807) is 39.4 Å². The van der Waals surface area contributed by atoms with Gasteiger partial charge in [-0.3, -0.25) is 0 Å². The molecule has 1 saturated heterocycles. The Bertz CT molecular complexity index is 1070. The summed E-state index contributed by atoms with van der Waals surface area (Å²) in [5.74, 6) is 1.40. The largest absolute Gasteiger partial charge is 0.352 e. The lowest BCUT2D eigenvalue weighted by Gasteiger charge is -2.34. The van der Waals surface area contributed by atoms with E-state index in [2.05, 4.69) is 20.2 Å². The van der Waals surface area contributed by atoms with Gasteiger partial charge in [0.15, 0.2) is 5.82 Å². The SMILES string of the molecule is O=S(=O)(c1ccc(-n2cccn2)cc1)N1CCN(c2ccc(C3CC3)nn2)CC1. The van der Waals surface area contributed by atoms with Crippen LogP contribution < -0.4 is 4.90 Å². The number of benzene rings is 1. The van der Waals surface area contributed by atoms with E-state index >= 15 is 0 Å². The first-order valence-corrected chi connectivity index (χ1v) is 11.2. The van der Waals surface area contributed by atoms with Gasteiger partial charge in [0.05, 0.1) is 16.3 Å². The van der Waals surface area contributed by atoms with E-state index in [-0.39, 0.29) is 0 Å². The van der Waals surface area contributed by atoms with Crippen LogP contribution >= 0.6 is 0 Å². The summed E-state index contributed by atoms with van der Waals surface area (Å²) >= 11 is 0. The van der Waals surface area contributed by atoms with E-state index in [1.165, 1.54) is 12.8 Å². The molecule has 0 N–H and O–H groups in total. The fraction of sp³-hybridized carbons (Fsp3) is 0.350. The third kappa shape index (κ3) is 3.63. The molecule has 0 spiro atoms. The third-order valence-corrected chi connectivity index (χ3v) is 7.39. The average Bonchev–Trinajstić information content (AvgIpc) is 3.48. The number of rotatable bonds is 5. The minimum Gasteiger partial charge on any atom is -0.352 e. The van der Waals surface area contributed by atoms with Crippen molar-refractivity contribution in [3.8, 4) is 5.69 Å². The molecule has 0 unspecified atom stereocenters. The first-order chi connectivity index (χ1) is 14.1. The van der Waals surface area contributed by atoms with E-state index in [0.29, 0.717) is 37.0 Å². The van der Waals surface area contributed by atoms with Crippen LogP contribution in [0.25, 0.3) is 5.69 Å². The molecule has 3 heterocycles. The van der Waals surface area contributed by atoms with Crippen molar-refractivity contribution in [2.24, 2.45) is 0 Å². The maximum atomic E-state index is 13.0. The predicted molar refractivity (Wildman–Crippen MR) is 109 cm³/mol. The Labute approximate surface area is 169 Å². The van der Waals surface area contributed by atoms with Gasteiger partial charge in [-0.25, -0.2) is 13.1 Å². The van der Waals surface area contributed by atoms with Gasteiger partial charge < -0.3 is 4.90 Å². The molecule has 0 amide bonds. The minimum atomic E-state index is -3.52. The molecule has 2 fully saturated rings. The van der Waals surface area contributed by atoms with Crippen LogP contribution in [-0.2, 0) is 10.0 Å². The second-order valence-corrected chi connectivity index (χ2v) is 9.36. The number of nitrogens with zero attached hydrogens (tertiary/aromatic N) is 6. The maximum absolute atomic E-state index is 13.0. The number of aromatic nitrogens is 4. The Morgan fingerprint density at radius 2 is 1.66 bits per heavy atom. The molecule has 2 aromatic heterocycles. The molecular formula is C20H22N6O2S. The van der Waals surface area contributed by atoms with Crippen LogP contribution in [0.15, 0.2) is 59.8 Å². The van der Waals surface area contributed by atoms with Gasteiger partial charge in [-0.15, -0.1) is 5.10 Å². The molecule has 0 atom stereocenters. The van der Waals surface area contributed by atoms with Crippen molar-refractivity contribution in [1.82, 2.24) is 24.3 Å². The van der Waals surface area contributed by atoms with Crippen molar-refractivity contribution in [3.05, 3.63) is 60.6 Å². The van der Waals surface area contributed by atoms with Crippen LogP contribution in [0.3, 0.4) is 0 Å². The quantitative estimate of drug-likeness (QED) is 0.640. The summed E-state index contributed by atoms with van der Waals surface area (Å²) in [6, 6.07) is 12.7. The topological polar surface area (TPSA) is 84.2 Å². The zero-order valence-corrected chi connectivity index (χ0v) is 16.7. The second kappa shape index (κ2) is 7.23. The fourth-order valence-electron chi connectivity index (χ4n) is 3.60. The zero-order chi connectivity index (χ0) is 19.8. The Hall–Kier alpha value is -2.78. The molecule has 1 aliphatic carbocycles. The summed E-state index contributed by atoms with van der Waals surface area (Å²) in [6.45, 7) is 2.05. The Kier molecular flexibility index (Phi) is 4.56. The van der Waals surface area contributed by atoms with Gasteiger partial charge in [-0.1, -0.05) is 0 Å². The highest BCUT2D eigenvalue weighted by Gasteiger charge is 2.30. The summed E-state index contributed by atoms with van der Waals surface area (Å²) in [4.78, 5) is 2.40. The molecule has 0 radical (unpaired) electrons. The summed E-state index contributed by atoms with van der Waals surface area (Å²) in [5, 5.41) is 12.8. The van der Waals surface area contributed by atoms with Gasteiger partial charge in [0.1, 0.15) is 0 Å². The molecule has 29 heavy (non-hydrogen) atoms. The highest BCUT2D eigenvalue weighted by Crippen LogP contribution is 2.38. The third-order valence-electron chi connectivity index (χ3n) is 5.47. The fourth-order valence-corrected chi connectivity index (χ4v) is 5.02. The predicted octanol–water partition coefficient (Wildman–Crippen LogP) is 2.05. The molecule has 2 aliphatic rings. The Balaban J connectivity index is 1.25. The second-order valence-electron chi connectivity index (χ2n) is 7.43. The monoisotopic (exact) mass is 410 g/mol. The van der Waals surface area contributed by atoms with Gasteiger partial charge in [-0.2, -0.15) is 14.5 Å². The van der Waals surface area contributed by atoms with Crippen LogP contribution in [0.2, 0.25) is 0 Å². The van der Waals surface area contributed by atoms with Crippen LogP contribution in [0.4, 0.5) is 5.82 Å². The number of hydrogen-bond donors (Lipinski definition) is 0. The summed E-state index contributed by atoms with van der Waals surface area (Å²) in [7, 11) is -3.52. The van der Waals surface area contributed by atoms with Crippen LogP contribution in [0.1, 0.15) is 24.5 Å². The highest BCUT2D eigenvalue weighted by atomic mass is 32.2. The number of piperazine rings is 1. The van der Waals surface area contributed by atoms with Crippen molar-refractivity contribution in [2.75, 3.05) is 31.1 Å². The van der Waals surface area contributed by atoms with Crippen LogP contribution in [0.5, 0.6) is 0 Å². The van der Waals surface area contributed by atoms with Crippen LogP contribution in [0, 0.1) is 0 Å². The lowest BCUT2D eigenvalue weighted by Crippen LogP contribution is -2.49. The summed E-state index contributed by atoms with van der Waals surface area (Å²) in [6.07, 6.45) is 5.91. The zero-order valence-electron chi connectivity index (χ0n) is 15.9. The maximum Gasteiger partial charge on any atom is 0.243 e. The molecule has 1 aromatic carbocycles. The number of anilines is 1.